The number of esters is 1. The molecule has 124 valence electrons. The molecule has 0 heterocycles. The molecule has 0 aliphatic heterocycles. The number of methoxy groups -OCH3 is 2. The third kappa shape index (κ3) is 4.70. The number of carbonyl (C=O) groups is 2. The van der Waals surface area contributed by atoms with Gasteiger partial charge in [-0.25, -0.2) is 4.79 Å². The number of anilines is 1. The van der Waals surface area contributed by atoms with Crippen molar-refractivity contribution in [2.45, 2.75) is 0 Å². The summed E-state index contributed by atoms with van der Waals surface area (Å²) in [7, 11) is 2.83. The van der Waals surface area contributed by atoms with E-state index in [-0.39, 0.29) is 11.5 Å². The number of carbonyl (C=O) groups excluding carboxylic acids is 2. The fourth-order valence-corrected chi connectivity index (χ4v) is 2.18. The van der Waals surface area contributed by atoms with Crippen LogP contribution >= 0.6 is 15.9 Å². The number of halogens is 1. The zero-order valence-electron chi connectivity index (χ0n) is 13.2. The Morgan fingerprint density at radius 1 is 1.00 bits per heavy atom. The summed E-state index contributed by atoms with van der Waals surface area (Å²) in [6, 6.07) is 13.8. The molecule has 0 spiro atoms. The second-order valence-electron chi connectivity index (χ2n) is 4.77. The van der Waals surface area contributed by atoms with Gasteiger partial charge in [0.15, 0.2) is 5.78 Å². The number of rotatable bonds is 6. The van der Waals surface area contributed by atoms with Crippen LogP contribution in [0.3, 0.4) is 0 Å². The molecule has 2 aromatic carbocycles. The van der Waals surface area contributed by atoms with Gasteiger partial charge in [-0.3, -0.25) is 4.79 Å². The summed E-state index contributed by atoms with van der Waals surface area (Å²) in [6.07, 6.45) is 1.22. The number of hydrogen-bond acceptors (Lipinski definition) is 5. The van der Waals surface area contributed by atoms with Crippen LogP contribution in [0.1, 0.15) is 10.4 Å². The standard InChI is InChI=1S/C18H16BrNO4/c1-23-15-9-7-14(8-10-15)20-16(18(22)24-2)11-17(21)12-3-5-13(19)6-4-12/h3-11,20H,1-2H3/b16-11+. The first-order valence-corrected chi connectivity index (χ1v) is 7.84. The predicted octanol–water partition coefficient (Wildman–Crippen LogP) is 3.81. The summed E-state index contributed by atoms with van der Waals surface area (Å²) in [5.74, 6) is -0.240. The lowest BCUT2D eigenvalue weighted by molar-refractivity contribution is -0.135. The average molecular weight is 390 g/mol. The molecule has 0 saturated heterocycles. The van der Waals surface area contributed by atoms with Crippen LogP contribution in [0.25, 0.3) is 0 Å². The largest absolute Gasteiger partial charge is 0.497 e. The molecular formula is C18H16BrNO4. The summed E-state index contributed by atoms with van der Waals surface area (Å²) in [5.41, 5.74) is 1.16. The van der Waals surface area contributed by atoms with E-state index in [1.54, 1.807) is 55.6 Å². The fourth-order valence-electron chi connectivity index (χ4n) is 1.91. The molecular weight excluding hydrogens is 374 g/mol. The third-order valence-corrected chi connectivity index (χ3v) is 3.71. The van der Waals surface area contributed by atoms with Gasteiger partial charge in [0.25, 0.3) is 0 Å². The van der Waals surface area contributed by atoms with E-state index in [1.807, 2.05) is 0 Å². The van der Waals surface area contributed by atoms with Gasteiger partial charge in [-0.05, 0) is 48.5 Å². The van der Waals surface area contributed by atoms with Crippen LogP contribution in [0.15, 0.2) is 64.8 Å². The number of ketones is 1. The second kappa shape index (κ2) is 8.31. The summed E-state index contributed by atoms with van der Waals surface area (Å²) in [4.78, 5) is 24.2. The maximum Gasteiger partial charge on any atom is 0.354 e. The highest BCUT2D eigenvalue weighted by Gasteiger charge is 2.13. The Kier molecular flexibility index (Phi) is 6.14. The quantitative estimate of drug-likeness (QED) is 0.462. The highest BCUT2D eigenvalue weighted by Crippen LogP contribution is 2.18. The molecule has 0 aliphatic rings. The summed E-state index contributed by atoms with van der Waals surface area (Å²) in [5, 5.41) is 2.89. The Bertz CT molecular complexity index is 752. The Morgan fingerprint density at radius 2 is 1.62 bits per heavy atom. The van der Waals surface area contributed by atoms with E-state index in [1.165, 1.54) is 13.2 Å². The molecule has 0 aliphatic carbocycles. The van der Waals surface area contributed by atoms with Gasteiger partial charge in [0.2, 0.25) is 0 Å². The lowest BCUT2D eigenvalue weighted by Crippen LogP contribution is -2.15. The topological polar surface area (TPSA) is 64.6 Å². The van der Waals surface area contributed by atoms with Crippen molar-refractivity contribution < 1.29 is 19.1 Å². The predicted molar refractivity (Wildman–Crippen MR) is 95.2 cm³/mol. The second-order valence-corrected chi connectivity index (χ2v) is 5.69. The zero-order valence-corrected chi connectivity index (χ0v) is 14.8. The Morgan fingerprint density at radius 3 is 2.17 bits per heavy atom. The van der Waals surface area contributed by atoms with Crippen molar-refractivity contribution in [2.75, 3.05) is 19.5 Å². The molecule has 0 unspecified atom stereocenters. The smallest absolute Gasteiger partial charge is 0.354 e. The number of hydrogen-bond donors (Lipinski definition) is 1. The highest BCUT2D eigenvalue weighted by atomic mass is 79.9. The molecule has 0 aromatic heterocycles. The van der Waals surface area contributed by atoms with Gasteiger partial charge in [-0.2, -0.15) is 0 Å². The molecule has 1 N–H and O–H groups in total. The molecule has 6 heteroatoms. The van der Waals surface area contributed by atoms with E-state index in [4.69, 9.17) is 9.47 Å². The molecule has 0 saturated carbocycles. The van der Waals surface area contributed by atoms with Gasteiger partial charge in [0.05, 0.1) is 14.2 Å². The molecule has 0 radical (unpaired) electrons. The summed E-state index contributed by atoms with van der Waals surface area (Å²) < 4.78 is 10.7. The minimum Gasteiger partial charge on any atom is -0.497 e. The fraction of sp³-hybridized carbons (Fsp3) is 0.111. The van der Waals surface area contributed by atoms with Gasteiger partial charge < -0.3 is 14.8 Å². The van der Waals surface area contributed by atoms with Gasteiger partial charge in [0.1, 0.15) is 11.4 Å². The van der Waals surface area contributed by atoms with Crippen LogP contribution in [-0.2, 0) is 9.53 Å². The monoisotopic (exact) mass is 389 g/mol. The zero-order chi connectivity index (χ0) is 17.5. The molecule has 0 bridgehead atoms. The average Bonchev–Trinajstić information content (AvgIpc) is 2.61. The Labute approximate surface area is 148 Å². The molecule has 24 heavy (non-hydrogen) atoms. The Hall–Kier alpha value is -2.60. The first kappa shape index (κ1) is 17.7. The normalized spacial score (nSPS) is 10.9. The van der Waals surface area contributed by atoms with Gasteiger partial charge in [-0.1, -0.05) is 15.9 Å². The van der Waals surface area contributed by atoms with E-state index in [9.17, 15) is 9.59 Å². The third-order valence-electron chi connectivity index (χ3n) is 3.18. The van der Waals surface area contributed by atoms with Crippen molar-refractivity contribution in [3.05, 3.63) is 70.3 Å². The van der Waals surface area contributed by atoms with Crippen molar-refractivity contribution in [2.24, 2.45) is 0 Å². The minimum atomic E-state index is -0.628. The van der Waals surface area contributed by atoms with Crippen LogP contribution in [0.4, 0.5) is 5.69 Å². The number of benzene rings is 2. The van der Waals surface area contributed by atoms with Gasteiger partial charge in [0, 0.05) is 21.8 Å². The van der Waals surface area contributed by atoms with Crippen molar-refractivity contribution >= 4 is 33.4 Å². The van der Waals surface area contributed by atoms with E-state index in [0.29, 0.717) is 17.0 Å². The van der Waals surface area contributed by atoms with Crippen LogP contribution in [-0.4, -0.2) is 26.0 Å². The van der Waals surface area contributed by atoms with Crippen molar-refractivity contribution in [3.8, 4) is 5.75 Å². The summed E-state index contributed by atoms with van der Waals surface area (Å²) in [6.45, 7) is 0. The molecule has 0 amide bonds. The molecule has 2 aromatic rings. The first-order chi connectivity index (χ1) is 11.5. The lowest BCUT2D eigenvalue weighted by Gasteiger charge is -2.10. The molecule has 2 rings (SSSR count). The maximum atomic E-state index is 12.3. The Balaban J connectivity index is 2.24. The van der Waals surface area contributed by atoms with Crippen LogP contribution in [0, 0.1) is 0 Å². The number of allylic oxidation sites excluding steroid dienone is 1. The van der Waals surface area contributed by atoms with Gasteiger partial charge in [-0.15, -0.1) is 0 Å². The van der Waals surface area contributed by atoms with Crippen molar-refractivity contribution in [1.29, 1.82) is 0 Å². The van der Waals surface area contributed by atoms with Crippen LogP contribution in [0.5, 0.6) is 5.75 Å². The molecule has 0 atom stereocenters. The van der Waals surface area contributed by atoms with Crippen molar-refractivity contribution in [1.82, 2.24) is 0 Å². The lowest BCUT2D eigenvalue weighted by atomic mass is 10.1. The van der Waals surface area contributed by atoms with Crippen LogP contribution < -0.4 is 10.1 Å². The van der Waals surface area contributed by atoms with Gasteiger partial charge >= 0.3 is 5.97 Å². The van der Waals surface area contributed by atoms with E-state index in [2.05, 4.69) is 21.2 Å². The number of nitrogens with one attached hydrogen (secondary N) is 1. The van der Waals surface area contributed by atoms with Crippen LogP contribution in [0.2, 0.25) is 0 Å². The highest BCUT2D eigenvalue weighted by molar-refractivity contribution is 9.10. The minimum absolute atomic E-state index is 0.0515. The molecule has 5 nitrogen and oxygen atoms in total. The molecule has 0 fully saturated rings. The SMILES string of the molecule is COC(=O)/C(=C\C(=O)c1ccc(Br)cc1)Nc1ccc(OC)cc1. The van der Waals surface area contributed by atoms with E-state index >= 15 is 0 Å². The maximum absolute atomic E-state index is 12.3. The number of ether oxygens (including phenoxy) is 2. The van der Waals surface area contributed by atoms with Crippen molar-refractivity contribution in [3.63, 3.8) is 0 Å². The summed E-state index contributed by atoms with van der Waals surface area (Å²) >= 11 is 3.31. The first-order valence-electron chi connectivity index (χ1n) is 7.04. The van der Waals surface area contributed by atoms with E-state index in [0.717, 1.165) is 4.47 Å². The van der Waals surface area contributed by atoms with E-state index < -0.39 is 5.97 Å².